The number of benzene rings is 2. The molecule has 2 aromatic rings. The topological polar surface area (TPSA) is 23.8 Å². The van der Waals surface area contributed by atoms with Gasteiger partial charge in [-0.1, -0.05) is 45.9 Å². The maximum atomic E-state index is 9.13. The molecule has 0 radical (unpaired) electrons. The molecule has 0 aliphatic carbocycles. The van der Waals surface area contributed by atoms with Gasteiger partial charge in [-0.05, 0) is 71.2 Å². The van der Waals surface area contributed by atoms with E-state index < -0.39 is 0 Å². The predicted octanol–water partition coefficient (Wildman–Crippen LogP) is 6.09. The molecule has 0 aliphatic heterocycles. The Balaban J connectivity index is 2.70. The van der Waals surface area contributed by atoms with Crippen LogP contribution in [0.2, 0.25) is 0 Å². The van der Waals surface area contributed by atoms with Gasteiger partial charge in [0.15, 0.2) is 0 Å². The van der Waals surface area contributed by atoms with Crippen molar-refractivity contribution >= 4 is 0 Å². The normalized spacial score (nSPS) is 11.0. The Bertz CT molecular complexity index is 681. The van der Waals surface area contributed by atoms with Gasteiger partial charge in [0.25, 0.3) is 0 Å². The molecule has 2 rings (SSSR count). The molecule has 0 aliphatic rings. The molecule has 0 fully saturated rings. The molecular weight excluding hydrogens is 266 g/mol. The van der Waals surface area contributed by atoms with Crippen LogP contribution in [0.25, 0.3) is 11.1 Å². The van der Waals surface area contributed by atoms with Gasteiger partial charge in [-0.3, -0.25) is 0 Å². The highest BCUT2D eigenvalue weighted by Gasteiger charge is 2.12. The summed E-state index contributed by atoms with van der Waals surface area (Å²) in [6.45, 7) is 13.1. The van der Waals surface area contributed by atoms with E-state index in [1.165, 1.54) is 33.4 Å². The summed E-state index contributed by atoms with van der Waals surface area (Å²) < 4.78 is 0. The van der Waals surface area contributed by atoms with Crippen LogP contribution in [0.15, 0.2) is 30.3 Å². The van der Waals surface area contributed by atoms with Crippen molar-refractivity contribution in [3.63, 3.8) is 0 Å². The van der Waals surface area contributed by atoms with Gasteiger partial charge in [0.2, 0.25) is 0 Å². The maximum absolute atomic E-state index is 9.13. The van der Waals surface area contributed by atoms with Gasteiger partial charge in [0.1, 0.15) is 0 Å². The van der Waals surface area contributed by atoms with Gasteiger partial charge in [-0.15, -0.1) is 0 Å². The Morgan fingerprint density at radius 3 is 1.59 bits per heavy atom. The van der Waals surface area contributed by atoms with Crippen molar-refractivity contribution in [2.24, 2.45) is 0 Å². The summed E-state index contributed by atoms with van der Waals surface area (Å²) in [6.07, 6.45) is 0. The van der Waals surface area contributed by atoms with Crippen LogP contribution < -0.4 is 0 Å². The minimum Gasteiger partial charge on any atom is -0.192 e. The summed E-state index contributed by atoms with van der Waals surface area (Å²) in [6, 6.07) is 13.2. The van der Waals surface area contributed by atoms with E-state index in [4.69, 9.17) is 5.26 Å². The standard InChI is InChI=1S/C21H25N/c1-13(2)18-9-19(14(3)4)11-20(10-18)21-15(5)7-17(12-22)8-16(21)6/h7-11,13-14H,1-6H3. The largest absolute Gasteiger partial charge is 0.192 e. The van der Waals surface area contributed by atoms with Gasteiger partial charge in [-0.2, -0.15) is 5.26 Å². The number of nitriles is 1. The third kappa shape index (κ3) is 3.22. The number of nitrogens with zero attached hydrogens (tertiary/aromatic N) is 1. The molecule has 0 bridgehead atoms. The zero-order valence-electron chi connectivity index (χ0n) is 14.5. The third-order valence-electron chi connectivity index (χ3n) is 4.26. The first-order chi connectivity index (χ1) is 10.3. The first-order valence-corrected chi connectivity index (χ1v) is 8.00. The van der Waals surface area contributed by atoms with Crippen molar-refractivity contribution in [2.45, 2.75) is 53.4 Å². The van der Waals surface area contributed by atoms with Gasteiger partial charge >= 0.3 is 0 Å². The minimum absolute atomic E-state index is 0.511. The number of hydrogen-bond acceptors (Lipinski definition) is 1. The molecule has 0 heterocycles. The lowest BCUT2D eigenvalue weighted by atomic mass is 9.87. The third-order valence-corrected chi connectivity index (χ3v) is 4.26. The van der Waals surface area contributed by atoms with Crippen LogP contribution in [0.3, 0.4) is 0 Å². The molecule has 22 heavy (non-hydrogen) atoms. The van der Waals surface area contributed by atoms with Gasteiger partial charge in [-0.25, -0.2) is 0 Å². The fourth-order valence-corrected chi connectivity index (χ4v) is 2.97. The number of rotatable bonds is 3. The first kappa shape index (κ1) is 16.3. The van der Waals surface area contributed by atoms with Crippen LogP contribution >= 0.6 is 0 Å². The lowest BCUT2D eigenvalue weighted by molar-refractivity contribution is 0.834. The van der Waals surface area contributed by atoms with Crippen molar-refractivity contribution in [3.05, 3.63) is 58.1 Å². The molecule has 0 amide bonds. The summed E-state index contributed by atoms with van der Waals surface area (Å²) in [7, 11) is 0. The van der Waals surface area contributed by atoms with Crippen molar-refractivity contribution in [3.8, 4) is 17.2 Å². The zero-order chi connectivity index (χ0) is 16.4. The Kier molecular flexibility index (Phi) is 4.71. The maximum Gasteiger partial charge on any atom is 0.0991 e. The SMILES string of the molecule is Cc1cc(C#N)cc(C)c1-c1cc(C(C)C)cc(C(C)C)c1. The fourth-order valence-electron chi connectivity index (χ4n) is 2.97. The van der Waals surface area contributed by atoms with Crippen molar-refractivity contribution in [1.82, 2.24) is 0 Å². The second-order valence-electron chi connectivity index (χ2n) is 6.79. The molecule has 114 valence electrons. The molecule has 0 unspecified atom stereocenters. The van der Waals surface area contributed by atoms with E-state index in [1.807, 2.05) is 12.1 Å². The van der Waals surface area contributed by atoms with Crippen LogP contribution in [0.5, 0.6) is 0 Å². The van der Waals surface area contributed by atoms with Crippen molar-refractivity contribution < 1.29 is 0 Å². The van der Waals surface area contributed by atoms with Crippen molar-refractivity contribution in [2.75, 3.05) is 0 Å². The van der Waals surface area contributed by atoms with E-state index >= 15 is 0 Å². The lowest BCUT2D eigenvalue weighted by Gasteiger charge is -2.17. The van der Waals surface area contributed by atoms with E-state index in [0.29, 0.717) is 11.8 Å². The van der Waals surface area contributed by atoms with E-state index in [2.05, 4.69) is 65.8 Å². The van der Waals surface area contributed by atoms with E-state index in [-0.39, 0.29) is 0 Å². The average Bonchev–Trinajstić information content (AvgIpc) is 2.45. The predicted molar refractivity (Wildman–Crippen MR) is 94.2 cm³/mol. The highest BCUT2D eigenvalue weighted by atomic mass is 14.2. The zero-order valence-corrected chi connectivity index (χ0v) is 14.5. The number of aryl methyl sites for hydroxylation is 2. The number of hydrogen-bond donors (Lipinski definition) is 0. The minimum atomic E-state index is 0.511. The molecule has 0 atom stereocenters. The van der Waals surface area contributed by atoms with Crippen LogP contribution in [-0.4, -0.2) is 0 Å². The van der Waals surface area contributed by atoms with Gasteiger partial charge in [0.05, 0.1) is 11.6 Å². The Hall–Kier alpha value is -2.07. The molecule has 2 aromatic carbocycles. The van der Waals surface area contributed by atoms with E-state index in [1.54, 1.807) is 0 Å². The molecule has 1 heteroatoms. The molecular formula is C21H25N. The summed E-state index contributed by atoms with van der Waals surface area (Å²) in [4.78, 5) is 0. The molecule has 0 aromatic heterocycles. The Morgan fingerprint density at radius 2 is 1.23 bits per heavy atom. The Morgan fingerprint density at radius 1 is 0.773 bits per heavy atom. The van der Waals surface area contributed by atoms with E-state index in [0.717, 1.165) is 5.56 Å². The van der Waals surface area contributed by atoms with Crippen molar-refractivity contribution in [1.29, 1.82) is 5.26 Å². The van der Waals surface area contributed by atoms with Crippen LogP contribution in [0.4, 0.5) is 0 Å². The second kappa shape index (κ2) is 6.36. The Labute approximate surface area is 134 Å². The highest BCUT2D eigenvalue weighted by molar-refractivity contribution is 5.73. The highest BCUT2D eigenvalue weighted by Crippen LogP contribution is 2.33. The van der Waals surface area contributed by atoms with Crippen LogP contribution in [-0.2, 0) is 0 Å². The summed E-state index contributed by atoms with van der Waals surface area (Å²) in [5.74, 6) is 1.02. The molecule has 0 saturated carbocycles. The van der Waals surface area contributed by atoms with Crippen LogP contribution in [0, 0.1) is 25.2 Å². The molecule has 0 N–H and O–H groups in total. The lowest BCUT2D eigenvalue weighted by Crippen LogP contribution is -1.97. The van der Waals surface area contributed by atoms with Gasteiger partial charge in [0, 0.05) is 0 Å². The van der Waals surface area contributed by atoms with E-state index in [9.17, 15) is 0 Å². The fraction of sp³-hybridized carbons (Fsp3) is 0.381. The molecule has 0 spiro atoms. The van der Waals surface area contributed by atoms with Gasteiger partial charge < -0.3 is 0 Å². The molecule has 0 saturated heterocycles. The monoisotopic (exact) mass is 291 g/mol. The first-order valence-electron chi connectivity index (χ1n) is 8.00. The van der Waals surface area contributed by atoms with Crippen LogP contribution in [0.1, 0.15) is 67.3 Å². The summed E-state index contributed by atoms with van der Waals surface area (Å²) in [5, 5.41) is 9.13. The second-order valence-corrected chi connectivity index (χ2v) is 6.79. The average molecular weight is 291 g/mol. The summed E-state index contributed by atoms with van der Waals surface area (Å²) >= 11 is 0. The summed E-state index contributed by atoms with van der Waals surface area (Å²) in [5.41, 5.74) is 8.38. The quantitative estimate of drug-likeness (QED) is 0.671. The smallest absolute Gasteiger partial charge is 0.0991 e. The molecule has 1 nitrogen and oxygen atoms in total.